The third kappa shape index (κ3) is 1.77. The molecule has 0 fully saturated rings. The molecule has 2 aliphatic rings. The molecule has 1 aromatic heterocycles. The van der Waals surface area contributed by atoms with E-state index in [1.807, 2.05) is 33.0 Å². The first-order chi connectivity index (χ1) is 9.80. The lowest BCUT2D eigenvalue weighted by atomic mass is 9.52. The van der Waals surface area contributed by atoms with E-state index in [1.165, 1.54) is 0 Å². The normalized spacial score (nSPS) is 30.0. The highest BCUT2D eigenvalue weighted by atomic mass is 16.1. The Morgan fingerprint density at radius 3 is 2.76 bits per heavy atom. The van der Waals surface area contributed by atoms with Gasteiger partial charge in [0.05, 0.1) is 11.3 Å². The van der Waals surface area contributed by atoms with Gasteiger partial charge in [0, 0.05) is 17.0 Å². The largest absolute Gasteiger partial charge is 0.293 e. The Morgan fingerprint density at radius 2 is 2.10 bits per heavy atom. The van der Waals surface area contributed by atoms with E-state index in [-0.39, 0.29) is 22.7 Å². The maximum atomic E-state index is 12.5. The van der Waals surface area contributed by atoms with Gasteiger partial charge in [-0.3, -0.25) is 4.79 Å². The summed E-state index contributed by atoms with van der Waals surface area (Å²) in [6.07, 6.45) is 5.55. The fourth-order valence-electron chi connectivity index (χ4n) is 4.14. The summed E-state index contributed by atoms with van der Waals surface area (Å²) in [5, 5.41) is 9.33. The van der Waals surface area contributed by atoms with Gasteiger partial charge in [-0.2, -0.15) is 5.26 Å². The number of allylic oxidation sites excluding steroid dienone is 2. The van der Waals surface area contributed by atoms with E-state index in [2.05, 4.69) is 23.0 Å². The van der Waals surface area contributed by atoms with Crippen LogP contribution >= 0.6 is 0 Å². The fraction of sp³-hybridized carbons (Fsp3) is 0.529. The number of rotatable bonds is 0. The van der Waals surface area contributed by atoms with Gasteiger partial charge in [0.15, 0.2) is 5.78 Å². The van der Waals surface area contributed by atoms with Crippen LogP contribution < -0.4 is 0 Å². The van der Waals surface area contributed by atoms with Crippen molar-refractivity contribution in [2.45, 2.75) is 46.0 Å². The molecule has 2 atom stereocenters. The number of ketones is 1. The molecule has 2 aliphatic carbocycles. The lowest BCUT2D eigenvalue weighted by Crippen LogP contribution is -2.51. The molecule has 0 aromatic carbocycles. The fourth-order valence-corrected chi connectivity index (χ4v) is 4.14. The minimum Gasteiger partial charge on any atom is -0.293 e. The molecule has 0 unspecified atom stereocenters. The number of fused-ring (bicyclic) bond motifs is 3. The number of nitriles is 1. The minimum absolute atomic E-state index is 0.0401. The predicted molar refractivity (Wildman–Crippen MR) is 78.4 cm³/mol. The van der Waals surface area contributed by atoms with Crippen molar-refractivity contribution in [3.8, 4) is 6.07 Å². The number of nitrogens with zero attached hydrogens (tertiary/aromatic N) is 3. The van der Waals surface area contributed by atoms with Gasteiger partial charge in [0.2, 0.25) is 0 Å². The number of Topliss-reactive ketones (excluding diaryl/α,β-unsaturated/α-hetero) is 1. The smallest absolute Gasteiger partial charge is 0.178 e. The Bertz CT molecular complexity index is 711. The summed E-state index contributed by atoms with van der Waals surface area (Å²) >= 11 is 0. The van der Waals surface area contributed by atoms with Crippen LogP contribution in [0.5, 0.6) is 0 Å². The van der Waals surface area contributed by atoms with E-state index in [0.717, 1.165) is 29.9 Å². The zero-order chi connectivity index (χ0) is 15.4. The van der Waals surface area contributed by atoms with Crippen LogP contribution in [0.2, 0.25) is 0 Å². The monoisotopic (exact) mass is 281 g/mol. The zero-order valence-electron chi connectivity index (χ0n) is 12.9. The minimum atomic E-state index is -0.537. The molecule has 0 spiro atoms. The Hall–Kier alpha value is -2.02. The number of hydrogen-bond acceptors (Lipinski definition) is 4. The molecular weight excluding hydrogens is 262 g/mol. The lowest BCUT2D eigenvalue weighted by Gasteiger charge is -2.50. The predicted octanol–water partition coefficient (Wildman–Crippen LogP) is 2.66. The van der Waals surface area contributed by atoms with Gasteiger partial charge in [0.1, 0.15) is 11.9 Å². The van der Waals surface area contributed by atoms with Crippen molar-refractivity contribution in [2.24, 2.45) is 11.3 Å². The Kier molecular flexibility index (Phi) is 2.81. The number of aryl methyl sites for hydroxylation is 2. The Balaban J connectivity index is 2.30. The van der Waals surface area contributed by atoms with Gasteiger partial charge in [0.25, 0.3) is 0 Å². The summed E-state index contributed by atoms with van der Waals surface area (Å²) < 4.78 is 0. The molecule has 0 saturated carbocycles. The highest BCUT2D eigenvalue weighted by Crippen LogP contribution is 2.53. The number of carbonyl (C=O) groups excluding carboxylic acids is 1. The van der Waals surface area contributed by atoms with Crippen LogP contribution in [0, 0.1) is 29.6 Å². The second-order valence-corrected chi connectivity index (χ2v) is 6.89. The molecule has 4 nitrogen and oxygen atoms in total. The molecular formula is C17H19N3O. The molecule has 0 amide bonds. The average molecular weight is 281 g/mol. The van der Waals surface area contributed by atoms with Gasteiger partial charge < -0.3 is 0 Å². The molecule has 108 valence electrons. The van der Waals surface area contributed by atoms with E-state index in [9.17, 15) is 10.1 Å². The SMILES string of the molecule is Cc1ncc2c(n1)[C@@]1(C)C=C(C#N)C(=O)C(C)(C)[C@@H]1CC2. The van der Waals surface area contributed by atoms with Crippen LogP contribution in [-0.2, 0) is 16.6 Å². The quantitative estimate of drug-likeness (QED) is 0.733. The molecule has 0 saturated heterocycles. The van der Waals surface area contributed by atoms with Gasteiger partial charge in [-0.15, -0.1) is 0 Å². The van der Waals surface area contributed by atoms with Gasteiger partial charge >= 0.3 is 0 Å². The number of carbonyl (C=O) groups is 1. The van der Waals surface area contributed by atoms with Crippen molar-refractivity contribution in [3.05, 3.63) is 34.9 Å². The summed E-state index contributed by atoms with van der Waals surface area (Å²) in [4.78, 5) is 21.5. The van der Waals surface area contributed by atoms with Crippen molar-refractivity contribution < 1.29 is 4.79 Å². The van der Waals surface area contributed by atoms with Gasteiger partial charge in [-0.1, -0.05) is 26.8 Å². The van der Waals surface area contributed by atoms with Gasteiger partial charge in [-0.05, 0) is 31.2 Å². The molecule has 3 rings (SSSR count). The summed E-state index contributed by atoms with van der Waals surface area (Å²) in [5.74, 6) is 0.857. The summed E-state index contributed by atoms with van der Waals surface area (Å²) in [6, 6.07) is 2.08. The zero-order valence-corrected chi connectivity index (χ0v) is 12.9. The summed E-state index contributed by atoms with van der Waals surface area (Å²) in [6.45, 7) is 7.90. The third-order valence-corrected chi connectivity index (χ3v) is 5.19. The van der Waals surface area contributed by atoms with E-state index in [0.29, 0.717) is 0 Å². The van der Waals surface area contributed by atoms with E-state index < -0.39 is 5.41 Å². The lowest BCUT2D eigenvalue weighted by molar-refractivity contribution is -0.128. The first-order valence-corrected chi connectivity index (χ1v) is 7.31. The number of aromatic nitrogens is 2. The average Bonchev–Trinajstić information content (AvgIpc) is 2.43. The van der Waals surface area contributed by atoms with Crippen LogP contribution in [0.4, 0.5) is 0 Å². The Labute approximate surface area is 124 Å². The van der Waals surface area contributed by atoms with Crippen LogP contribution in [0.3, 0.4) is 0 Å². The van der Waals surface area contributed by atoms with Crippen LogP contribution in [0.1, 0.15) is 44.3 Å². The molecule has 1 heterocycles. The van der Waals surface area contributed by atoms with Crippen molar-refractivity contribution in [2.75, 3.05) is 0 Å². The number of hydrogen-bond donors (Lipinski definition) is 0. The van der Waals surface area contributed by atoms with Gasteiger partial charge in [-0.25, -0.2) is 9.97 Å². The van der Waals surface area contributed by atoms with Crippen molar-refractivity contribution in [1.29, 1.82) is 5.26 Å². The maximum Gasteiger partial charge on any atom is 0.178 e. The standard InChI is InChI=1S/C17H19N3O/c1-10-19-9-11-5-6-13-16(2,3)15(21)12(8-18)7-17(13,4)14(11)20-10/h7,9,13H,5-6H2,1-4H3/t13-,17-/m0/s1. The summed E-state index contributed by atoms with van der Waals surface area (Å²) in [7, 11) is 0. The molecule has 0 bridgehead atoms. The van der Waals surface area contributed by atoms with Crippen LogP contribution in [0.15, 0.2) is 17.8 Å². The molecule has 1 aromatic rings. The summed E-state index contributed by atoms with van der Waals surface area (Å²) in [5.41, 5.74) is 1.48. The molecule has 0 N–H and O–H groups in total. The van der Waals surface area contributed by atoms with E-state index in [1.54, 1.807) is 0 Å². The van der Waals surface area contributed by atoms with Crippen molar-refractivity contribution in [3.63, 3.8) is 0 Å². The second-order valence-electron chi connectivity index (χ2n) is 6.89. The molecule has 21 heavy (non-hydrogen) atoms. The van der Waals surface area contributed by atoms with Crippen molar-refractivity contribution >= 4 is 5.78 Å². The topological polar surface area (TPSA) is 66.6 Å². The van der Waals surface area contributed by atoms with E-state index >= 15 is 0 Å². The Morgan fingerprint density at radius 1 is 1.38 bits per heavy atom. The molecule has 4 heteroatoms. The van der Waals surface area contributed by atoms with E-state index in [4.69, 9.17) is 0 Å². The molecule has 0 radical (unpaired) electrons. The highest BCUT2D eigenvalue weighted by molar-refractivity contribution is 6.04. The first kappa shape index (κ1) is 13.9. The second kappa shape index (κ2) is 4.24. The maximum absolute atomic E-state index is 12.5. The van der Waals surface area contributed by atoms with Crippen LogP contribution in [0.25, 0.3) is 0 Å². The first-order valence-electron chi connectivity index (χ1n) is 7.31. The highest BCUT2D eigenvalue weighted by Gasteiger charge is 2.54. The van der Waals surface area contributed by atoms with Crippen LogP contribution in [-0.4, -0.2) is 15.8 Å². The third-order valence-electron chi connectivity index (χ3n) is 5.19. The molecule has 0 aliphatic heterocycles. The van der Waals surface area contributed by atoms with Crippen molar-refractivity contribution in [1.82, 2.24) is 9.97 Å².